The van der Waals surface area contributed by atoms with Crippen LogP contribution in [0.5, 0.6) is 0 Å². The van der Waals surface area contributed by atoms with Crippen LogP contribution < -0.4 is 0 Å². The maximum atomic E-state index is 12.8. The van der Waals surface area contributed by atoms with Crippen molar-refractivity contribution in [2.24, 2.45) is 0 Å². The van der Waals surface area contributed by atoms with Crippen molar-refractivity contribution in [3.05, 3.63) is 64.5 Å². The zero-order valence-corrected chi connectivity index (χ0v) is 13.3. The zero-order valence-electron chi connectivity index (χ0n) is 12.5. The molecule has 1 atom stereocenters. The molecule has 5 heteroatoms. The third-order valence-corrected chi connectivity index (χ3v) is 5.15. The molecule has 4 nitrogen and oxygen atoms in total. The lowest BCUT2D eigenvalue weighted by Gasteiger charge is -2.22. The number of thiophene rings is 1. The number of aromatic nitrogens is 1. The molecule has 1 aliphatic heterocycles. The molecule has 1 saturated heterocycles. The lowest BCUT2D eigenvalue weighted by molar-refractivity contribution is 0.0695. The first-order valence-corrected chi connectivity index (χ1v) is 8.57. The monoisotopic (exact) mass is 324 g/mol. The first kappa shape index (κ1) is 14.2. The van der Waals surface area contributed by atoms with Crippen LogP contribution in [0.3, 0.4) is 0 Å². The molecule has 0 saturated carbocycles. The summed E-state index contributed by atoms with van der Waals surface area (Å²) < 4.78 is 5.32. The fourth-order valence-electron chi connectivity index (χ4n) is 3.05. The minimum absolute atomic E-state index is 0.0735. The van der Waals surface area contributed by atoms with Crippen LogP contribution in [0.15, 0.2) is 58.4 Å². The van der Waals surface area contributed by atoms with Gasteiger partial charge in [-0.25, -0.2) is 0 Å². The molecule has 0 unspecified atom stereocenters. The van der Waals surface area contributed by atoms with Gasteiger partial charge in [-0.2, -0.15) is 0 Å². The average Bonchev–Trinajstić information content (AvgIpc) is 3.34. The van der Waals surface area contributed by atoms with E-state index in [1.807, 2.05) is 41.3 Å². The van der Waals surface area contributed by atoms with Crippen LogP contribution in [0.25, 0.3) is 11.3 Å². The molecular weight excluding hydrogens is 308 g/mol. The number of carbonyl (C=O) groups is 1. The van der Waals surface area contributed by atoms with E-state index in [1.165, 1.54) is 4.88 Å². The Morgan fingerprint density at radius 2 is 2.09 bits per heavy atom. The van der Waals surface area contributed by atoms with Gasteiger partial charge in [0.15, 0.2) is 0 Å². The van der Waals surface area contributed by atoms with Gasteiger partial charge in [-0.1, -0.05) is 41.6 Å². The summed E-state index contributed by atoms with van der Waals surface area (Å²) >= 11 is 1.70. The van der Waals surface area contributed by atoms with Crippen LogP contribution in [0, 0.1) is 0 Å². The van der Waals surface area contributed by atoms with E-state index in [9.17, 15) is 4.79 Å². The molecular formula is C18H16N2O2S. The van der Waals surface area contributed by atoms with Crippen LogP contribution in [-0.2, 0) is 0 Å². The molecule has 1 amide bonds. The van der Waals surface area contributed by atoms with E-state index in [4.69, 9.17) is 4.52 Å². The van der Waals surface area contributed by atoms with E-state index in [0.29, 0.717) is 11.5 Å². The molecule has 1 aliphatic rings. The molecule has 0 N–H and O–H groups in total. The molecule has 0 aliphatic carbocycles. The second kappa shape index (κ2) is 6.01. The Morgan fingerprint density at radius 1 is 1.22 bits per heavy atom. The summed E-state index contributed by atoms with van der Waals surface area (Å²) in [6.45, 7) is 0.767. The molecule has 0 spiro atoms. The van der Waals surface area contributed by atoms with Crippen molar-refractivity contribution < 1.29 is 9.32 Å². The fraction of sp³-hybridized carbons (Fsp3) is 0.222. The Balaban J connectivity index is 1.59. The van der Waals surface area contributed by atoms with Crippen molar-refractivity contribution in [2.75, 3.05) is 6.54 Å². The highest BCUT2D eigenvalue weighted by Gasteiger charge is 2.33. The van der Waals surface area contributed by atoms with Gasteiger partial charge >= 0.3 is 0 Å². The number of benzene rings is 1. The van der Waals surface area contributed by atoms with Gasteiger partial charge in [0, 0.05) is 23.1 Å². The second-order valence-electron chi connectivity index (χ2n) is 5.61. The molecule has 1 fully saturated rings. The first-order chi connectivity index (χ1) is 11.3. The highest BCUT2D eigenvalue weighted by molar-refractivity contribution is 7.10. The van der Waals surface area contributed by atoms with Crippen molar-refractivity contribution in [1.82, 2.24) is 10.1 Å². The first-order valence-electron chi connectivity index (χ1n) is 7.69. The molecule has 116 valence electrons. The predicted octanol–water partition coefficient (Wildman–Crippen LogP) is 4.38. The largest absolute Gasteiger partial charge is 0.350 e. The highest BCUT2D eigenvalue weighted by Crippen LogP contribution is 2.35. The lowest BCUT2D eigenvalue weighted by atomic mass is 10.1. The third-order valence-electron chi connectivity index (χ3n) is 4.18. The number of amides is 1. The van der Waals surface area contributed by atoms with Crippen molar-refractivity contribution in [2.45, 2.75) is 18.9 Å². The van der Waals surface area contributed by atoms with Crippen LogP contribution >= 0.6 is 11.3 Å². The summed E-state index contributed by atoms with van der Waals surface area (Å²) in [7, 11) is 0. The average molecular weight is 324 g/mol. The molecule has 0 bridgehead atoms. The maximum absolute atomic E-state index is 12.8. The molecule has 1 aromatic carbocycles. The van der Waals surface area contributed by atoms with Gasteiger partial charge < -0.3 is 9.42 Å². The van der Waals surface area contributed by atoms with Gasteiger partial charge in [0.05, 0.1) is 6.04 Å². The summed E-state index contributed by atoms with van der Waals surface area (Å²) in [6, 6.07) is 15.8. The highest BCUT2D eigenvalue weighted by atomic mass is 32.1. The van der Waals surface area contributed by atoms with Gasteiger partial charge in [0.25, 0.3) is 5.91 Å². The lowest BCUT2D eigenvalue weighted by Crippen LogP contribution is -2.29. The standard InChI is InChI=1S/C18H16N2O2S/c21-18(20-10-4-8-15(20)17-9-5-11-23-17)16-12-14(19-22-16)13-6-2-1-3-7-13/h1-3,5-7,9,11-12,15H,4,8,10H2/t15-/m1/s1. The molecule has 0 radical (unpaired) electrons. The van der Waals surface area contributed by atoms with Gasteiger partial charge in [-0.15, -0.1) is 11.3 Å². The van der Waals surface area contributed by atoms with Gasteiger partial charge in [-0.05, 0) is 24.3 Å². The van der Waals surface area contributed by atoms with Crippen LogP contribution in [0.1, 0.15) is 34.3 Å². The maximum Gasteiger partial charge on any atom is 0.293 e. The van der Waals surface area contributed by atoms with Gasteiger partial charge in [-0.3, -0.25) is 4.79 Å². The van der Waals surface area contributed by atoms with Crippen LogP contribution in [0.4, 0.5) is 0 Å². The zero-order chi connectivity index (χ0) is 15.6. The SMILES string of the molecule is O=C(c1cc(-c2ccccc2)no1)N1CCC[C@@H]1c1cccs1. The van der Waals surface area contributed by atoms with Gasteiger partial charge in [0.2, 0.25) is 5.76 Å². The van der Waals surface area contributed by atoms with Crippen molar-refractivity contribution >= 4 is 17.2 Å². The summed E-state index contributed by atoms with van der Waals surface area (Å²) in [5.74, 6) is 0.239. The van der Waals surface area contributed by atoms with E-state index < -0.39 is 0 Å². The van der Waals surface area contributed by atoms with E-state index in [0.717, 1.165) is 24.9 Å². The van der Waals surface area contributed by atoms with Gasteiger partial charge in [0.1, 0.15) is 5.69 Å². The van der Waals surface area contributed by atoms with E-state index >= 15 is 0 Å². The minimum Gasteiger partial charge on any atom is -0.350 e. The van der Waals surface area contributed by atoms with Crippen molar-refractivity contribution in [3.63, 3.8) is 0 Å². The normalized spacial score (nSPS) is 17.6. The van der Waals surface area contributed by atoms with Crippen LogP contribution in [0.2, 0.25) is 0 Å². The smallest absolute Gasteiger partial charge is 0.293 e. The summed E-state index contributed by atoms with van der Waals surface area (Å²) in [4.78, 5) is 15.9. The Labute approximate surface area is 138 Å². The molecule has 3 aromatic rings. The number of nitrogens with zero attached hydrogens (tertiary/aromatic N) is 2. The molecule has 2 aromatic heterocycles. The van der Waals surface area contributed by atoms with Crippen LogP contribution in [-0.4, -0.2) is 22.5 Å². The quantitative estimate of drug-likeness (QED) is 0.718. The molecule has 4 rings (SSSR count). The Bertz CT molecular complexity index is 796. The Morgan fingerprint density at radius 3 is 2.87 bits per heavy atom. The van der Waals surface area contributed by atoms with Crippen molar-refractivity contribution in [1.29, 1.82) is 0 Å². The van der Waals surface area contributed by atoms with Crippen molar-refractivity contribution in [3.8, 4) is 11.3 Å². The van der Waals surface area contributed by atoms with E-state index in [2.05, 4.69) is 16.6 Å². The predicted molar refractivity (Wildman–Crippen MR) is 89.3 cm³/mol. The topological polar surface area (TPSA) is 46.3 Å². The molecule has 3 heterocycles. The molecule has 23 heavy (non-hydrogen) atoms. The number of hydrogen-bond donors (Lipinski definition) is 0. The number of likely N-dealkylation sites (tertiary alicyclic amines) is 1. The summed E-state index contributed by atoms with van der Waals surface area (Å²) in [5.41, 5.74) is 1.65. The summed E-state index contributed by atoms with van der Waals surface area (Å²) in [5, 5.41) is 6.10. The van der Waals surface area contributed by atoms with E-state index in [1.54, 1.807) is 17.4 Å². The Hall–Kier alpha value is -2.40. The second-order valence-corrected chi connectivity index (χ2v) is 6.59. The Kier molecular flexibility index (Phi) is 3.71. The summed E-state index contributed by atoms with van der Waals surface area (Å²) in [6.07, 6.45) is 2.03. The number of hydrogen-bond acceptors (Lipinski definition) is 4. The number of rotatable bonds is 3. The minimum atomic E-state index is -0.0735. The number of carbonyl (C=O) groups excluding carboxylic acids is 1. The fourth-order valence-corrected chi connectivity index (χ4v) is 3.92. The van der Waals surface area contributed by atoms with E-state index in [-0.39, 0.29) is 11.9 Å². The third kappa shape index (κ3) is 2.68.